The third kappa shape index (κ3) is 2.14. The van der Waals surface area contributed by atoms with Gasteiger partial charge >= 0.3 is 0 Å². The molecule has 2 heterocycles. The molecule has 1 aliphatic rings. The molecule has 0 amide bonds. The lowest BCUT2D eigenvalue weighted by molar-refractivity contribution is 0.348. The van der Waals surface area contributed by atoms with E-state index >= 15 is 0 Å². The second kappa shape index (κ2) is 4.43. The molecular weight excluding hydrogens is 264 g/mol. The van der Waals surface area contributed by atoms with Crippen molar-refractivity contribution in [2.75, 3.05) is 0 Å². The SMILES string of the molecule is CC1(c2noc([C@H](N)Cc3c[nH]c4ccccc34)n2)CC1. The van der Waals surface area contributed by atoms with Crippen LogP contribution in [0.2, 0.25) is 0 Å². The summed E-state index contributed by atoms with van der Waals surface area (Å²) in [5.41, 5.74) is 8.66. The molecule has 3 N–H and O–H groups in total. The zero-order valence-corrected chi connectivity index (χ0v) is 12.0. The van der Waals surface area contributed by atoms with Crippen molar-refractivity contribution in [1.82, 2.24) is 15.1 Å². The molecule has 2 aromatic heterocycles. The molecule has 108 valence electrons. The summed E-state index contributed by atoms with van der Waals surface area (Å²) in [7, 11) is 0. The summed E-state index contributed by atoms with van der Waals surface area (Å²) in [6, 6.07) is 7.93. The van der Waals surface area contributed by atoms with Crippen LogP contribution in [-0.4, -0.2) is 15.1 Å². The Morgan fingerprint density at radius 3 is 3.00 bits per heavy atom. The molecule has 1 saturated carbocycles. The van der Waals surface area contributed by atoms with E-state index in [1.54, 1.807) is 0 Å². The summed E-state index contributed by atoms with van der Waals surface area (Å²) in [4.78, 5) is 7.75. The summed E-state index contributed by atoms with van der Waals surface area (Å²) in [6.45, 7) is 2.16. The van der Waals surface area contributed by atoms with Crippen LogP contribution < -0.4 is 5.73 Å². The summed E-state index contributed by atoms with van der Waals surface area (Å²) in [6.07, 6.45) is 4.94. The molecule has 21 heavy (non-hydrogen) atoms. The first-order chi connectivity index (χ1) is 10.2. The number of hydrogen-bond acceptors (Lipinski definition) is 4. The highest BCUT2D eigenvalue weighted by atomic mass is 16.5. The molecule has 0 saturated heterocycles. The van der Waals surface area contributed by atoms with Gasteiger partial charge in [0.1, 0.15) is 0 Å². The van der Waals surface area contributed by atoms with E-state index in [4.69, 9.17) is 10.3 Å². The van der Waals surface area contributed by atoms with Crippen LogP contribution in [0, 0.1) is 0 Å². The van der Waals surface area contributed by atoms with Crippen LogP contribution in [0.1, 0.15) is 43.1 Å². The predicted octanol–water partition coefficient (Wildman–Crippen LogP) is 2.84. The minimum Gasteiger partial charge on any atom is -0.361 e. The van der Waals surface area contributed by atoms with Crippen molar-refractivity contribution < 1.29 is 4.52 Å². The largest absolute Gasteiger partial charge is 0.361 e. The number of fused-ring (bicyclic) bond motifs is 1. The Morgan fingerprint density at radius 1 is 1.38 bits per heavy atom. The van der Waals surface area contributed by atoms with Crippen LogP contribution in [0.25, 0.3) is 10.9 Å². The molecule has 1 aliphatic carbocycles. The predicted molar refractivity (Wildman–Crippen MR) is 79.8 cm³/mol. The van der Waals surface area contributed by atoms with Gasteiger partial charge in [0.15, 0.2) is 5.82 Å². The highest BCUT2D eigenvalue weighted by molar-refractivity contribution is 5.83. The first-order valence-electron chi connectivity index (χ1n) is 7.30. The summed E-state index contributed by atoms with van der Waals surface area (Å²) in [5.74, 6) is 1.33. The molecule has 0 radical (unpaired) electrons. The highest BCUT2D eigenvalue weighted by Gasteiger charge is 2.43. The lowest BCUT2D eigenvalue weighted by Crippen LogP contribution is -2.14. The quantitative estimate of drug-likeness (QED) is 0.771. The number of nitrogens with zero attached hydrogens (tertiary/aromatic N) is 2. The zero-order valence-electron chi connectivity index (χ0n) is 12.0. The minimum absolute atomic E-state index is 0.113. The monoisotopic (exact) mass is 282 g/mol. The van der Waals surface area contributed by atoms with Gasteiger partial charge in [0.05, 0.1) is 6.04 Å². The molecule has 5 nitrogen and oxygen atoms in total. The molecule has 4 rings (SSSR count). The standard InChI is InChI=1S/C16H18N4O/c1-16(6-7-16)15-19-14(21-20-15)12(17)8-10-9-18-13-5-3-2-4-11(10)13/h2-5,9,12,18H,6-8,17H2,1H3/t12-/m1/s1. The van der Waals surface area contributed by atoms with E-state index in [0.717, 1.165) is 24.2 Å². The van der Waals surface area contributed by atoms with E-state index in [9.17, 15) is 0 Å². The third-order valence-corrected chi connectivity index (χ3v) is 4.41. The summed E-state index contributed by atoms with van der Waals surface area (Å²) in [5, 5.41) is 5.28. The molecule has 3 aromatic rings. The fraction of sp³-hybridized carbons (Fsp3) is 0.375. The Labute approximate surface area is 122 Å². The molecule has 1 aromatic carbocycles. The number of hydrogen-bond donors (Lipinski definition) is 2. The fourth-order valence-electron chi connectivity index (χ4n) is 2.67. The second-order valence-electron chi connectivity index (χ2n) is 6.19. The Kier molecular flexibility index (Phi) is 2.65. The molecule has 0 bridgehead atoms. The van der Waals surface area contributed by atoms with Gasteiger partial charge in [-0.25, -0.2) is 0 Å². The Balaban J connectivity index is 1.57. The van der Waals surface area contributed by atoms with Crippen molar-refractivity contribution in [2.24, 2.45) is 5.73 Å². The van der Waals surface area contributed by atoms with E-state index < -0.39 is 0 Å². The van der Waals surface area contributed by atoms with Crippen molar-refractivity contribution in [2.45, 2.75) is 37.6 Å². The number of H-pyrrole nitrogens is 1. The van der Waals surface area contributed by atoms with Crippen LogP contribution in [0.15, 0.2) is 35.0 Å². The van der Waals surface area contributed by atoms with Crippen molar-refractivity contribution >= 4 is 10.9 Å². The van der Waals surface area contributed by atoms with Gasteiger partial charge in [-0.05, 0) is 30.9 Å². The minimum atomic E-state index is -0.271. The van der Waals surface area contributed by atoms with Crippen molar-refractivity contribution in [3.05, 3.63) is 47.7 Å². The van der Waals surface area contributed by atoms with Gasteiger partial charge in [0.2, 0.25) is 5.89 Å². The van der Waals surface area contributed by atoms with Crippen molar-refractivity contribution in [3.8, 4) is 0 Å². The van der Waals surface area contributed by atoms with E-state index in [2.05, 4.69) is 34.2 Å². The molecule has 1 fully saturated rings. The Bertz CT molecular complexity index is 784. The van der Waals surface area contributed by atoms with Crippen LogP contribution in [0.4, 0.5) is 0 Å². The van der Waals surface area contributed by atoms with Crippen LogP contribution in [0.3, 0.4) is 0 Å². The zero-order chi connectivity index (χ0) is 14.4. The van der Waals surface area contributed by atoms with E-state index in [1.165, 1.54) is 10.9 Å². The fourth-order valence-corrected chi connectivity index (χ4v) is 2.67. The average Bonchev–Trinajstić information content (AvgIpc) is 2.95. The maximum absolute atomic E-state index is 6.24. The van der Waals surface area contributed by atoms with Crippen LogP contribution in [0.5, 0.6) is 0 Å². The Hall–Kier alpha value is -2.14. The number of aromatic amines is 1. The summed E-state index contributed by atoms with van der Waals surface area (Å²) >= 11 is 0. The smallest absolute Gasteiger partial charge is 0.243 e. The van der Waals surface area contributed by atoms with E-state index in [-0.39, 0.29) is 11.5 Å². The van der Waals surface area contributed by atoms with E-state index in [0.29, 0.717) is 12.3 Å². The first kappa shape index (κ1) is 12.6. The van der Waals surface area contributed by atoms with E-state index in [1.807, 2.05) is 18.3 Å². The first-order valence-corrected chi connectivity index (χ1v) is 7.30. The number of nitrogens with one attached hydrogen (secondary N) is 1. The maximum Gasteiger partial charge on any atom is 0.243 e. The number of aromatic nitrogens is 3. The van der Waals surface area contributed by atoms with Crippen LogP contribution in [-0.2, 0) is 11.8 Å². The highest BCUT2D eigenvalue weighted by Crippen LogP contribution is 2.46. The van der Waals surface area contributed by atoms with Gasteiger partial charge in [-0.15, -0.1) is 0 Å². The van der Waals surface area contributed by atoms with Crippen LogP contribution >= 0.6 is 0 Å². The molecular formula is C16H18N4O. The number of nitrogens with two attached hydrogens (primary N) is 1. The number of rotatable bonds is 4. The lowest BCUT2D eigenvalue weighted by Gasteiger charge is -2.05. The Morgan fingerprint density at radius 2 is 2.19 bits per heavy atom. The molecule has 0 aliphatic heterocycles. The maximum atomic E-state index is 6.24. The van der Waals surface area contributed by atoms with Gasteiger partial charge in [-0.2, -0.15) is 4.98 Å². The number of benzene rings is 1. The molecule has 0 unspecified atom stereocenters. The molecule has 0 spiro atoms. The topological polar surface area (TPSA) is 80.7 Å². The van der Waals surface area contributed by atoms with Gasteiger partial charge in [0.25, 0.3) is 0 Å². The summed E-state index contributed by atoms with van der Waals surface area (Å²) < 4.78 is 5.36. The van der Waals surface area contributed by atoms with Crippen molar-refractivity contribution in [1.29, 1.82) is 0 Å². The third-order valence-electron chi connectivity index (χ3n) is 4.41. The molecule has 1 atom stereocenters. The average molecular weight is 282 g/mol. The van der Waals surface area contributed by atoms with Crippen molar-refractivity contribution in [3.63, 3.8) is 0 Å². The molecule has 5 heteroatoms. The van der Waals surface area contributed by atoms with Gasteiger partial charge < -0.3 is 15.2 Å². The lowest BCUT2D eigenvalue weighted by atomic mass is 10.1. The van der Waals surface area contributed by atoms with Gasteiger partial charge in [0, 0.05) is 22.5 Å². The van der Waals surface area contributed by atoms with Gasteiger partial charge in [-0.1, -0.05) is 30.3 Å². The second-order valence-corrected chi connectivity index (χ2v) is 6.19. The van der Waals surface area contributed by atoms with Gasteiger partial charge in [-0.3, -0.25) is 0 Å². The number of para-hydroxylation sites is 1. The normalized spacial score (nSPS) is 18.0.